The van der Waals surface area contributed by atoms with E-state index < -0.39 is 0 Å². The third-order valence-electron chi connectivity index (χ3n) is 3.62. The number of H-pyrrole nitrogens is 1. The van der Waals surface area contributed by atoms with Crippen molar-refractivity contribution in [3.05, 3.63) is 57.6 Å². The summed E-state index contributed by atoms with van der Waals surface area (Å²) in [5.41, 5.74) is 4.31. The molecule has 106 valence electrons. The van der Waals surface area contributed by atoms with Gasteiger partial charge in [0.05, 0.1) is 10.7 Å². The minimum absolute atomic E-state index is 0.479. The van der Waals surface area contributed by atoms with Gasteiger partial charge in [-0.2, -0.15) is 0 Å². The monoisotopic (exact) mass is 317 g/mol. The first kappa shape index (κ1) is 14.2. The SMILES string of the molecule is CCc1ccc(-c2[nH]c3cc(Cl)cc(Cl)c3c2C=O)cc1. The van der Waals surface area contributed by atoms with E-state index in [0.717, 1.165) is 29.5 Å². The predicted molar refractivity (Wildman–Crippen MR) is 88.5 cm³/mol. The van der Waals surface area contributed by atoms with E-state index in [1.54, 1.807) is 12.1 Å². The number of hydrogen-bond donors (Lipinski definition) is 1. The summed E-state index contributed by atoms with van der Waals surface area (Å²) in [6, 6.07) is 11.6. The molecule has 0 saturated heterocycles. The Labute approximate surface area is 132 Å². The van der Waals surface area contributed by atoms with Crippen LogP contribution < -0.4 is 0 Å². The first-order valence-corrected chi connectivity index (χ1v) is 7.44. The Balaban J connectivity index is 2.26. The fraction of sp³-hybridized carbons (Fsp3) is 0.118. The Morgan fingerprint density at radius 2 is 1.86 bits per heavy atom. The van der Waals surface area contributed by atoms with Crippen LogP contribution in [0.3, 0.4) is 0 Å². The number of halogens is 2. The molecule has 1 heterocycles. The second-order valence-corrected chi connectivity index (χ2v) is 5.74. The second kappa shape index (κ2) is 5.55. The third kappa shape index (κ3) is 2.45. The zero-order valence-electron chi connectivity index (χ0n) is 11.4. The molecule has 0 atom stereocenters. The van der Waals surface area contributed by atoms with Crippen molar-refractivity contribution in [2.45, 2.75) is 13.3 Å². The number of aromatic amines is 1. The van der Waals surface area contributed by atoms with E-state index in [0.29, 0.717) is 21.0 Å². The summed E-state index contributed by atoms with van der Waals surface area (Å²) >= 11 is 12.3. The molecule has 0 radical (unpaired) electrons. The van der Waals surface area contributed by atoms with E-state index in [2.05, 4.69) is 24.0 Å². The number of fused-ring (bicyclic) bond motifs is 1. The number of nitrogens with one attached hydrogen (secondary N) is 1. The van der Waals surface area contributed by atoms with Crippen molar-refractivity contribution in [2.75, 3.05) is 0 Å². The first-order valence-electron chi connectivity index (χ1n) is 6.69. The van der Waals surface area contributed by atoms with Gasteiger partial charge in [-0.05, 0) is 29.7 Å². The third-order valence-corrected chi connectivity index (χ3v) is 4.14. The lowest BCUT2D eigenvalue weighted by atomic mass is 10.0. The van der Waals surface area contributed by atoms with E-state index in [9.17, 15) is 4.79 Å². The molecule has 0 bridgehead atoms. The van der Waals surface area contributed by atoms with Gasteiger partial charge in [-0.15, -0.1) is 0 Å². The molecule has 0 aliphatic carbocycles. The minimum Gasteiger partial charge on any atom is -0.354 e. The molecule has 2 nitrogen and oxygen atoms in total. The average molecular weight is 318 g/mol. The predicted octanol–water partition coefficient (Wildman–Crippen LogP) is 5.52. The van der Waals surface area contributed by atoms with Crippen molar-refractivity contribution >= 4 is 40.4 Å². The standard InChI is InChI=1S/C17H13Cl2NO/c1-2-10-3-5-11(6-4-10)17-13(9-21)16-14(19)7-12(18)8-15(16)20-17/h3-9,20H,2H2,1H3. The Morgan fingerprint density at radius 1 is 1.14 bits per heavy atom. The molecule has 2 aromatic carbocycles. The molecule has 0 spiro atoms. The summed E-state index contributed by atoms with van der Waals surface area (Å²) in [5, 5.41) is 1.73. The van der Waals surface area contributed by atoms with Crippen LogP contribution in [-0.2, 0) is 6.42 Å². The van der Waals surface area contributed by atoms with Gasteiger partial charge in [0, 0.05) is 21.5 Å². The summed E-state index contributed by atoms with van der Waals surface area (Å²) in [4.78, 5) is 14.8. The number of hydrogen-bond acceptors (Lipinski definition) is 1. The van der Waals surface area contributed by atoms with Crippen LogP contribution in [0.25, 0.3) is 22.2 Å². The molecular formula is C17H13Cl2NO. The van der Waals surface area contributed by atoms with Crippen LogP contribution in [0.1, 0.15) is 22.8 Å². The average Bonchev–Trinajstić information content (AvgIpc) is 2.85. The molecule has 0 aliphatic heterocycles. The van der Waals surface area contributed by atoms with Crippen LogP contribution in [0.15, 0.2) is 36.4 Å². The number of carbonyl (C=O) groups is 1. The van der Waals surface area contributed by atoms with E-state index in [-0.39, 0.29) is 0 Å². The summed E-state index contributed by atoms with van der Waals surface area (Å²) in [6.07, 6.45) is 1.82. The summed E-state index contributed by atoms with van der Waals surface area (Å²) in [5.74, 6) is 0. The number of aldehydes is 1. The van der Waals surface area contributed by atoms with Gasteiger partial charge in [0.25, 0.3) is 0 Å². The Kier molecular flexibility index (Phi) is 3.75. The molecule has 1 N–H and O–H groups in total. The Bertz CT molecular complexity index is 819. The van der Waals surface area contributed by atoms with Gasteiger partial charge in [0.1, 0.15) is 0 Å². The van der Waals surface area contributed by atoms with Crippen molar-refractivity contribution in [3.63, 3.8) is 0 Å². The smallest absolute Gasteiger partial charge is 0.152 e. The fourth-order valence-corrected chi connectivity index (χ4v) is 3.12. The number of benzene rings is 2. The molecule has 1 aromatic heterocycles. The number of rotatable bonds is 3. The number of aromatic nitrogens is 1. The van der Waals surface area contributed by atoms with Crippen LogP contribution >= 0.6 is 23.2 Å². The maximum atomic E-state index is 11.5. The minimum atomic E-state index is 0.479. The van der Waals surface area contributed by atoms with E-state index in [4.69, 9.17) is 23.2 Å². The van der Waals surface area contributed by atoms with Gasteiger partial charge in [-0.25, -0.2) is 0 Å². The molecule has 3 aromatic rings. The maximum absolute atomic E-state index is 11.5. The highest BCUT2D eigenvalue weighted by Crippen LogP contribution is 2.35. The lowest BCUT2D eigenvalue weighted by Crippen LogP contribution is -1.86. The molecular weight excluding hydrogens is 305 g/mol. The van der Waals surface area contributed by atoms with E-state index in [1.165, 1.54) is 5.56 Å². The van der Waals surface area contributed by atoms with Crippen molar-refractivity contribution in [2.24, 2.45) is 0 Å². The molecule has 0 saturated carbocycles. The van der Waals surface area contributed by atoms with Crippen molar-refractivity contribution in [1.29, 1.82) is 0 Å². The van der Waals surface area contributed by atoms with Crippen molar-refractivity contribution < 1.29 is 4.79 Å². The van der Waals surface area contributed by atoms with Gasteiger partial charge in [-0.3, -0.25) is 4.79 Å². The molecule has 0 unspecified atom stereocenters. The van der Waals surface area contributed by atoms with E-state index in [1.807, 2.05) is 12.1 Å². The van der Waals surface area contributed by atoms with Crippen LogP contribution in [-0.4, -0.2) is 11.3 Å². The number of carbonyl (C=O) groups excluding carboxylic acids is 1. The van der Waals surface area contributed by atoms with Gasteiger partial charge >= 0.3 is 0 Å². The number of aryl methyl sites for hydroxylation is 1. The zero-order chi connectivity index (χ0) is 15.0. The van der Waals surface area contributed by atoms with Crippen molar-refractivity contribution in [3.8, 4) is 11.3 Å². The van der Waals surface area contributed by atoms with Gasteiger partial charge in [0.15, 0.2) is 6.29 Å². The molecule has 0 fully saturated rings. The van der Waals surface area contributed by atoms with E-state index >= 15 is 0 Å². The Morgan fingerprint density at radius 3 is 2.48 bits per heavy atom. The summed E-state index contributed by atoms with van der Waals surface area (Å²) in [6.45, 7) is 2.11. The van der Waals surface area contributed by atoms with Gasteiger partial charge in [-0.1, -0.05) is 54.4 Å². The molecule has 0 amide bonds. The molecule has 3 rings (SSSR count). The van der Waals surface area contributed by atoms with Crippen LogP contribution in [0.4, 0.5) is 0 Å². The van der Waals surface area contributed by atoms with Gasteiger partial charge in [0.2, 0.25) is 0 Å². The lowest BCUT2D eigenvalue weighted by Gasteiger charge is -2.02. The summed E-state index contributed by atoms with van der Waals surface area (Å²) < 4.78 is 0. The van der Waals surface area contributed by atoms with Crippen LogP contribution in [0.2, 0.25) is 10.0 Å². The lowest BCUT2D eigenvalue weighted by molar-refractivity contribution is 0.112. The fourth-order valence-electron chi connectivity index (χ4n) is 2.53. The molecule has 4 heteroatoms. The Hall–Kier alpha value is -1.77. The normalized spacial score (nSPS) is 11.0. The highest BCUT2D eigenvalue weighted by atomic mass is 35.5. The zero-order valence-corrected chi connectivity index (χ0v) is 12.9. The van der Waals surface area contributed by atoms with Crippen LogP contribution in [0, 0.1) is 0 Å². The van der Waals surface area contributed by atoms with Crippen molar-refractivity contribution in [1.82, 2.24) is 4.98 Å². The quantitative estimate of drug-likeness (QED) is 0.634. The summed E-state index contributed by atoms with van der Waals surface area (Å²) in [7, 11) is 0. The first-order chi connectivity index (χ1) is 10.1. The van der Waals surface area contributed by atoms with Gasteiger partial charge < -0.3 is 4.98 Å². The van der Waals surface area contributed by atoms with Crippen LogP contribution in [0.5, 0.6) is 0 Å². The molecule has 0 aliphatic rings. The largest absolute Gasteiger partial charge is 0.354 e. The second-order valence-electron chi connectivity index (χ2n) is 4.89. The molecule has 21 heavy (non-hydrogen) atoms. The topological polar surface area (TPSA) is 32.9 Å². The highest BCUT2D eigenvalue weighted by molar-refractivity contribution is 6.39. The highest BCUT2D eigenvalue weighted by Gasteiger charge is 2.15. The maximum Gasteiger partial charge on any atom is 0.152 e.